The molecule has 0 aliphatic carbocycles. The first-order valence-corrected chi connectivity index (χ1v) is 9.82. The summed E-state index contributed by atoms with van der Waals surface area (Å²) in [6.07, 6.45) is -2.78. The lowest BCUT2D eigenvalue weighted by Gasteiger charge is -2.35. The average molecular weight is 394 g/mol. The molecule has 0 aromatic heterocycles. The molecule has 0 radical (unpaired) electrons. The highest BCUT2D eigenvalue weighted by atomic mass is 19.4. The number of alkyl halides is 3. The molecule has 0 spiro atoms. The Hall–Kier alpha value is -2.17. The zero-order valence-electron chi connectivity index (χ0n) is 17.2. The van der Waals surface area contributed by atoms with Crippen molar-refractivity contribution in [3.05, 3.63) is 57.6 Å². The average Bonchev–Trinajstić information content (AvgIpc) is 2.66. The maximum atomic E-state index is 14.5. The molecule has 2 nitrogen and oxygen atoms in total. The molecule has 0 fully saturated rings. The van der Waals surface area contributed by atoms with Crippen LogP contribution in [0.1, 0.15) is 68.0 Å². The largest absolute Gasteiger partial charge is 0.507 e. The summed E-state index contributed by atoms with van der Waals surface area (Å²) in [5.74, 6) is 0.153. The van der Waals surface area contributed by atoms with Crippen LogP contribution in [0.25, 0.3) is 0 Å². The lowest BCUT2D eigenvalue weighted by molar-refractivity contribution is -0.173. The summed E-state index contributed by atoms with van der Waals surface area (Å²) in [6, 6.07) is 5.86. The summed E-state index contributed by atoms with van der Waals surface area (Å²) in [6.45, 7) is 8.44. The van der Waals surface area contributed by atoms with Crippen molar-refractivity contribution in [2.75, 3.05) is 0 Å². The van der Waals surface area contributed by atoms with Crippen LogP contribution in [0.3, 0.4) is 0 Å². The van der Waals surface area contributed by atoms with E-state index in [1.807, 2.05) is 27.7 Å². The number of aromatic hydroxyl groups is 2. The normalized spacial score (nSPS) is 12.4. The fraction of sp³-hybridized carbons (Fsp3) is 0.478. The summed E-state index contributed by atoms with van der Waals surface area (Å²) < 4.78 is 43.5. The number of hydrogen-bond donors (Lipinski definition) is 2. The molecular weight excluding hydrogens is 365 g/mol. The maximum Gasteiger partial charge on any atom is 0.402 e. The van der Waals surface area contributed by atoms with Crippen molar-refractivity contribution in [2.24, 2.45) is 0 Å². The SMILES string of the molecule is CCc1cc(C(C)(c2cc(CC)c(O)c(CC)c2)C(F)(F)F)cc(CC)c1O. The van der Waals surface area contributed by atoms with Gasteiger partial charge >= 0.3 is 6.18 Å². The molecule has 0 amide bonds. The highest BCUT2D eigenvalue weighted by molar-refractivity contribution is 5.53. The molecule has 0 bridgehead atoms. The van der Waals surface area contributed by atoms with Gasteiger partial charge in [-0.05, 0) is 66.0 Å². The van der Waals surface area contributed by atoms with Gasteiger partial charge in [0, 0.05) is 0 Å². The molecule has 2 aromatic rings. The van der Waals surface area contributed by atoms with E-state index in [-0.39, 0.29) is 22.6 Å². The van der Waals surface area contributed by atoms with Gasteiger partial charge in [-0.3, -0.25) is 0 Å². The Bertz CT molecular complexity index is 742. The van der Waals surface area contributed by atoms with Crippen LogP contribution < -0.4 is 0 Å². The number of hydrogen-bond acceptors (Lipinski definition) is 2. The molecule has 2 rings (SSSR count). The summed E-state index contributed by atoms with van der Waals surface area (Å²) in [5, 5.41) is 20.7. The van der Waals surface area contributed by atoms with Gasteiger partial charge in [0.1, 0.15) is 16.9 Å². The van der Waals surface area contributed by atoms with Gasteiger partial charge in [0.2, 0.25) is 0 Å². The van der Waals surface area contributed by atoms with Gasteiger partial charge in [-0.15, -0.1) is 0 Å². The number of phenolic OH excluding ortho intramolecular Hbond substituents is 2. The minimum absolute atomic E-state index is 0.0764. The Balaban J connectivity index is 2.88. The van der Waals surface area contributed by atoms with Crippen molar-refractivity contribution in [3.8, 4) is 11.5 Å². The Kier molecular flexibility index (Phi) is 6.37. The molecule has 2 aromatic carbocycles. The van der Waals surface area contributed by atoms with E-state index in [1.54, 1.807) is 0 Å². The summed E-state index contributed by atoms with van der Waals surface area (Å²) in [7, 11) is 0. The van der Waals surface area contributed by atoms with Gasteiger partial charge in [0.15, 0.2) is 0 Å². The Morgan fingerprint density at radius 3 is 1.07 bits per heavy atom. The van der Waals surface area contributed by atoms with Crippen LogP contribution in [-0.4, -0.2) is 16.4 Å². The van der Waals surface area contributed by atoms with E-state index in [9.17, 15) is 23.4 Å². The van der Waals surface area contributed by atoms with E-state index in [0.29, 0.717) is 47.9 Å². The Morgan fingerprint density at radius 1 is 0.643 bits per heavy atom. The second kappa shape index (κ2) is 8.06. The third-order valence-corrected chi connectivity index (χ3v) is 5.78. The molecule has 0 atom stereocenters. The molecule has 0 unspecified atom stereocenters. The molecule has 0 aliphatic rings. The zero-order valence-corrected chi connectivity index (χ0v) is 17.2. The van der Waals surface area contributed by atoms with Gasteiger partial charge in [0.25, 0.3) is 0 Å². The first kappa shape index (κ1) is 22.1. The predicted octanol–water partition coefficient (Wildman–Crippen LogP) is 6.22. The van der Waals surface area contributed by atoms with E-state index in [2.05, 4.69) is 0 Å². The van der Waals surface area contributed by atoms with Crippen LogP contribution in [0, 0.1) is 0 Å². The van der Waals surface area contributed by atoms with Crippen molar-refractivity contribution >= 4 is 0 Å². The number of rotatable bonds is 6. The second-order valence-corrected chi connectivity index (χ2v) is 7.32. The third kappa shape index (κ3) is 3.59. The van der Waals surface area contributed by atoms with E-state index < -0.39 is 11.6 Å². The fourth-order valence-electron chi connectivity index (χ4n) is 3.67. The van der Waals surface area contributed by atoms with Gasteiger partial charge in [-0.25, -0.2) is 0 Å². The minimum atomic E-state index is -4.55. The lowest BCUT2D eigenvalue weighted by Crippen LogP contribution is -2.41. The standard InChI is InChI=1S/C23H29F3O2/c1-6-14-10-18(11-15(7-2)20(14)27)22(5,23(24,25)26)19-12-16(8-3)21(28)17(9-4)13-19/h10-13,27-28H,6-9H2,1-5H3. The molecule has 5 heteroatoms. The maximum absolute atomic E-state index is 14.5. The molecule has 0 heterocycles. The quantitative estimate of drug-likeness (QED) is 0.611. The molecule has 154 valence electrons. The minimum Gasteiger partial charge on any atom is -0.507 e. The fourth-order valence-corrected chi connectivity index (χ4v) is 3.67. The van der Waals surface area contributed by atoms with Gasteiger partial charge in [-0.1, -0.05) is 52.0 Å². The van der Waals surface area contributed by atoms with Crippen molar-refractivity contribution in [2.45, 2.75) is 71.9 Å². The molecular formula is C23H29F3O2. The topological polar surface area (TPSA) is 40.5 Å². The van der Waals surface area contributed by atoms with Crippen molar-refractivity contribution in [3.63, 3.8) is 0 Å². The number of phenols is 2. The van der Waals surface area contributed by atoms with Crippen molar-refractivity contribution in [1.29, 1.82) is 0 Å². The van der Waals surface area contributed by atoms with Crippen LogP contribution in [-0.2, 0) is 31.1 Å². The lowest BCUT2D eigenvalue weighted by atomic mass is 9.73. The van der Waals surface area contributed by atoms with Gasteiger partial charge < -0.3 is 10.2 Å². The van der Waals surface area contributed by atoms with Crippen LogP contribution >= 0.6 is 0 Å². The molecule has 0 saturated heterocycles. The second-order valence-electron chi connectivity index (χ2n) is 7.32. The zero-order chi connectivity index (χ0) is 21.3. The third-order valence-electron chi connectivity index (χ3n) is 5.78. The molecule has 28 heavy (non-hydrogen) atoms. The van der Waals surface area contributed by atoms with Gasteiger partial charge in [0.05, 0.1) is 0 Å². The summed E-state index contributed by atoms with van der Waals surface area (Å²) in [5.41, 5.74) is 0.00789. The van der Waals surface area contributed by atoms with E-state index in [4.69, 9.17) is 0 Å². The van der Waals surface area contributed by atoms with Crippen molar-refractivity contribution in [1.82, 2.24) is 0 Å². The Morgan fingerprint density at radius 2 is 0.893 bits per heavy atom. The van der Waals surface area contributed by atoms with E-state index in [1.165, 1.54) is 31.2 Å². The Labute approximate surface area is 165 Å². The molecule has 2 N–H and O–H groups in total. The molecule has 0 aliphatic heterocycles. The van der Waals surface area contributed by atoms with Crippen LogP contribution in [0.15, 0.2) is 24.3 Å². The predicted molar refractivity (Wildman–Crippen MR) is 106 cm³/mol. The van der Waals surface area contributed by atoms with Crippen molar-refractivity contribution < 1.29 is 23.4 Å². The molecule has 0 saturated carbocycles. The summed E-state index contributed by atoms with van der Waals surface area (Å²) >= 11 is 0. The first-order valence-electron chi connectivity index (χ1n) is 9.82. The van der Waals surface area contributed by atoms with E-state index in [0.717, 1.165) is 0 Å². The first-order chi connectivity index (χ1) is 13.0. The smallest absolute Gasteiger partial charge is 0.402 e. The van der Waals surface area contributed by atoms with Crippen LogP contribution in [0.4, 0.5) is 13.2 Å². The highest BCUT2D eigenvalue weighted by Gasteiger charge is 2.54. The number of halogens is 3. The number of aryl methyl sites for hydroxylation is 4. The van der Waals surface area contributed by atoms with Crippen LogP contribution in [0.5, 0.6) is 11.5 Å². The van der Waals surface area contributed by atoms with E-state index >= 15 is 0 Å². The van der Waals surface area contributed by atoms with Gasteiger partial charge in [-0.2, -0.15) is 13.2 Å². The van der Waals surface area contributed by atoms with Crippen LogP contribution in [0.2, 0.25) is 0 Å². The monoisotopic (exact) mass is 394 g/mol. The number of benzene rings is 2. The highest BCUT2D eigenvalue weighted by Crippen LogP contribution is 2.48. The summed E-state index contributed by atoms with van der Waals surface area (Å²) in [4.78, 5) is 0.